The van der Waals surface area contributed by atoms with Crippen molar-refractivity contribution in [3.05, 3.63) is 29.3 Å². The molecule has 0 aliphatic carbocycles. The molecule has 0 aliphatic heterocycles. The minimum atomic E-state index is 0.105. The van der Waals surface area contributed by atoms with E-state index in [4.69, 9.17) is 9.47 Å². The third kappa shape index (κ3) is 4.19. The molecule has 2 aromatic rings. The Kier molecular flexibility index (Phi) is 4.85. The minimum absolute atomic E-state index is 0.105. The van der Waals surface area contributed by atoms with E-state index in [2.05, 4.69) is 31.1 Å². The predicted molar refractivity (Wildman–Crippen MR) is 87.2 cm³/mol. The predicted octanol–water partition coefficient (Wildman–Crippen LogP) is 3.72. The van der Waals surface area contributed by atoms with Crippen LogP contribution >= 0.6 is 11.3 Å². The Balaban J connectivity index is 2.17. The zero-order chi connectivity index (χ0) is 15.5. The highest BCUT2D eigenvalue weighted by atomic mass is 32.1. The van der Waals surface area contributed by atoms with Gasteiger partial charge in [-0.1, -0.05) is 0 Å². The molecule has 1 N–H and O–H groups in total. The summed E-state index contributed by atoms with van der Waals surface area (Å²) in [7, 11) is 3.28. The van der Waals surface area contributed by atoms with Crippen molar-refractivity contribution in [2.75, 3.05) is 14.2 Å². The lowest BCUT2D eigenvalue weighted by Gasteiger charge is -2.19. The second-order valence-corrected chi connectivity index (χ2v) is 6.92. The fourth-order valence-corrected chi connectivity index (χ4v) is 2.69. The molecule has 0 saturated carbocycles. The molecule has 1 heterocycles. The maximum Gasteiger partial charge on any atom is 0.161 e. The molecule has 0 spiro atoms. The van der Waals surface area contributed by atoms with Gasteiger partial charge in [0, 0.05) is 28.7 Å². The summed E-state index contributed by atoms with van der Waals surface area (Å²) in [6.07, 6.45) is 1.93. The average molecular weight is 306 g/mol. The van der Waals surface area contributed by atoms with Crippen LogP contribution in [0.1, 0.15) is 25.6 Å². The van der Waals surface area contributed by atoms with Crippen LogP contribution < -0.4 is 14.8 Å². The normalized spacial score (nSPS) is 11.5. The highest BCUT2D eigenvalue weighted by Gasteiger charge is 2.12. The van der Waals surface area contributed by atoms with Crippen molar-refractivity contribution in [3.8, 4) is 22.1 Å². The van der Waals surface area contributed by atoms with Gasteiger partial charge in [0.1, 0.15) is 5.01 Å². The summed E-state index contributed by atoms with van der Waals surface area (Å²) in [6, 6.07) is 5.86. The number of thiazole rings is 1. The minimum Gasteiger partial charge on any atom is -0.493 e. The molecule has 0 amide bonds. The smallest absolute Gasteiger partial charge is 0.161 e. The van der Waals surface area contributed by atoms with Crippen LogP contribution in [0.25, 0.3) is 10.6 Å². The molecule has 1 aromatic carbocycles. The zero-order valence-electron chi connectivity index (χ0n) is 13.2. The summed E-state index contributed by atoms with van der Waals surface area (Å²) >= 11 is 1.69. The van der Waals surface area contributed by atoms with E-state index in [0.717, 1.165) is 28.6 Å². The lowest BCUT2D eigenvalue weighted by Crippen LogP contribution is -2.34. The van der Waals surface area contributed by atoms with E-state index < -0.39 is 0 Å². The number of hydrogen-bond donors (Lipinski definition) is 1. The van der Waals surface area contributed by atoms with Crippen LogP contribution in [0.2, 0.25) is 0 Å². The molecule has 0 saturated heterocycles. The molecule has 0 aliphatic rings. The lowest BCUT2D eigenvalue weighted by molar-refractivity contribution is 0.355. The number of nitrogens with one attached hydrogen (secondary N) is 1. The van der Waals surface area contributed by atoms with E-state index in [1.54, 1.807) is 25.6 Å². The van der Waals surface area contributed by atoms with Crippen molar-refractivity contribution in [2.24, 2.45) is 0 Å². The molecule has 0 bridgehead atoms. The Bertz CT molecular complexity index is 603. The first kappa shape index (κ1) is 15.8. The highest BCUT2D eigenvalue weighted by Crippen LogP contribution is 2.33. The lowest BCUT2D eigenvalue weighted by atomic mass is 10.1. The van der Waals surface area contributed by atoms with Crippen LogP contribution in [0.5, 0.6) is 11.5 Å². The molecule has 21 heavy (non-hydrogen) atoms. The van der Waals surface area contributed by atoms with Crippen LogP contribution in [-0.4, -0.2) is 24.7 Å². The molecule has 0 radical (unpaired) electrons. The summed E-state index contributed by atoms with van der Waals surface area (Å²) in [5.74, 6) is 1.45. The van der Waals surface area contributed by atoms with Crippen LogP contribution in [0.15, 0.2) is 24.4 Å². The number of rotatable bonds is 5. The Labute approximate surface area is 130 Å². The standard InChI is InChI=1S/C16H22N2O2S/c1-16(2,3)18-10-12-9-17-15(21-12)11-6-7-13(19-4)14(8-11)20-5/h6-9,18H,10H2,1-5H3. The zero-order valence-corrected chi connectivity index (χ0v) is 14.0. The maximum absolute atomic E-state index is 5.34. The summed E-state index contributed by atoms with van der Waals surface area (Å²) < 4.78 is 10.6. The maximum atomic E-state index is 5.34. The summed E-state index contributed by atoms with van der Waals surface area (Å²) in [5, 5.41) is 4.46. The van der Waals surface area contributed by atoms with Gasteiger partial charge in [0.15, 0.2) is 11.5 Å². The molecule has 0 fully saturated rings. The first-order valence-corrected chi connectivity index (χ1v) is 7.67. The van der Waals surface area contributed by atoms with E-state index in [1.165, 1.54) is 4.88 Å². The van der Waals surface area contributed by atoms with Gasteiger partial charge in [0.2, 0.25) is 0 Å². The number of methoxy groups -OCH3 is 2. The molecular formula is C16H22N2O2S. The van der Waals surface area contributed by atoms with Crippen molar-refractivity contribution >= 4 is 11.3 Å². The number of nitrogens with zero attached hydrogens (tertiary/aromatic N) is 1. The Hall–Kier alpha value is -1.59. The van der Waals surface area contributed by atoms with Crippen molar-refractivity contribution in [1.29, 1.82) is 0 Å². The number of aromatic nitrogens is 1. The van der Waals surface area contributed by atoms with Crippen molar-refractivity contribution in [3.63, 3.8) is 0 Å². The van der Waals surface area contributed by atoms with E-state index in [1.807, 2.05) is 24.4 Å². The third-order valence-electron chi connectivity index (χ3n) is 2.98. The van der Waals surface area contributed by atoms with Gasteiger partial charge in [-0.25, -0.2) is 4.98 Å². The van der Waals surface area contributed by atoms with Gasteiger partial charge in [0.25, 0.3) is 0 Å². The first-order valence-electron chi connectivity index (χ1n) is 6.85. The van der Waals surface area contributed by atoms with E-state index >= 15 is 0 Å². The molecule has 5 heteroatoms. The molecule has 1 aromatic heterocycles. The molecule has 4 nitrogen and oxygen atoms in total. The van der Waals surface area contributed by atoms with Gasteiger partial charge in [-0.2, -0.15) is 0 Å². The third-order valence-corrected chi connectivity index (χ3v) is 4.02. The fraction of sp³-hybridized carbons (Fsp3) is 0.438. The Morgan fingerprint density at radius 1 is 1.14 bits per heavy atom. The number of hydrogen-bond acceptors (Lipinski definition) is 5. The second-order valence-electron chi connectivity index (χ2n) is 5.81. The largest absolute Gasteiger partial charge is 0.493 e. The summed E-state index contributed by atoms with van der Waals surface area (Å²) in [4.78, 5) is 5.72. The van der Waals surface area contributed by atoms with Crippen molar-refractivity contribution < 1.29 is 9.47 Å². The van der Waals surface area contributed by atoms with Crippen molar-refractivity contribution in [1.82, 2.24) is 10.3 Å². The Morgan fingerprint density at radius 2 is 1.86 bits per heavy atom. The van der Waals surface area contributed by atoms with Gasteiger partial charge >= 0.3 is 0 Å². The second kappa shape index (κ2) is 6.45. The first-order chi connectivity index (χ1) is 9.93. The van der Waals surface area contributed by atoms with Crippen LogP contribution in [0, 0.1) is 0 Å². The van der Waals surface area contributed by atoms with Crippen molar-refractivity contribution in [2.45, 2.75) is 32.9 Å². The summed E-state index contributed by atoms with van der Waals surface area (Å²) in [6.45, 7) is 7.30. The summed E-state index contributed by atoms with van der Waals surface area (Å²) in [5.41, 5.74) is 1.15. The van der Waals surface area contributed by atoms with Gasteiger partial charge in [0.05, 0.1) is 14.2 Å². The highest BCUT2D eigenvalue weighted by molar-refractivity contribution is 7.15. The molecule has 2 rings (SSSR count). The molecular weight excluding hydrogens is 284 g/mol. The monoisotopic (exact) mass is 306 g/mol. The quantitative estimate of drug-likeness (QED) is 0.914. The number of benzene rings is 1. The van der Waals surface area contributed by atoms with Crippen LogP contribution in [0.4, 0.5) is 0 Å². The van der Waals surface area contributed by atoms with E-state index in [9.17, 15) is 0 Å². The van der Waals surface area contributed by atoms with E-state index in [-0.39, 0.29) is 5.54 Å². The molecule has 0 atom stereocenters. The topological polar surface area (TPSA) is 43.4 Å². The SMILES string of the molecule is COc1ccc(-c2ncc(CNC(C)(C)C)s2)cc1OC. The number of ether oxygens (including phenoxy) is 2. The van der Waals surface area contributed by atoms with Gasteiger partial charge < -0.3 is 14.8 Å². The van der Waals surface area contributed by atoms with Gasteiger partial charge in [-0.3, -0.25) is 0 Å². The van der Waals surface area contributed by atoms with E-state index in [0.29, 0.717) is 0 Å². The van der Waals surface area contributed by atoms with Crippen LogP contribution in [-0.2, 0) is 6.54 Å². The fourth-order valence-electron chi connectivity index (χ4n) is 1.84. The van der Waals surface area contributed by atoms with Gasteiger partial charge in [-0.05, 0) is 39.0 Å². The van der Waals surface area contributed by atoms with Crippen LogP contribution in [0.3, 0.4) is 0 Å². The molecule has 0 unspecified atom stereocenters. The van der Waals surface area contributed by atoms with Gasteiger partial charge in [-0.15, -0.1) is 11.3 Å². The average Bonchev–Trinajstić information content (AvgIpc) is 2.92. The molecule has 114 valence electrons. The Morgan fingerprint density at radius 3 is 2.48 bits per heavy atom.